The molecule has 0 aliphatic carbocycles. The van der Waals surface area contributed by atoms with Crippen LogP contribution in [-0.4, -0.2) is 47.6 Å². The molecule has 8 nitrogen and oxygen atoms in total. The van der Waals surface area contributed by atoms with Gasteiger partial charge in [0.05, 0.1) is 12.0 Å². The summed E-state index contributed by atoms with van der Waals surface area (Å²) >= 11 is 1.36. The van der Waals surface area contributed by atoms with Gasteiger partial charge >= 0.3 is 0 Å². The van der Waals surface area contributed by atoms with Gasteiger partial charge in [0, 0.05) is 44.8 Å². The first-order valence-electron chi connectivity index (χ1n) is 9.03. The third kappa shape index (κ3) is 3.70. The molecule has 0 unspecified atom stereocenters. The molecular formula is C19H22N6O2S. The van der Waals surface area contributed by atoms with Crippen molar-refractivity contribution in [1.29, 1.82) is 0 Å². The van der Waals surface area contributed by atoms with Crippen LogP contribution in [0.3, 0.4) is 0 Å². The second-order valence-electron chi connectivity index (χ2n) is 7.24. The van der Waals surface area contributed by atoms with Crippen molar-refractivity contribution in [2.45, 2.75) is 13.0 Å². The van der Waals surface area contributed by atoms with Crippen LogP contribution in [0.4, 0.5) is 11.1 Å². The first kappa shape index (κ1) is 18.4. The highest BCUT2D eigenvalue weighted by Crippen LogP contribution is 2.39. The average molecular weight is 398 g/mol. The Morgan fingerprint density at radius 2 is 2.07 bits per heavy atom. The monoisotopic (exact) mass is 398 g/mol. The number of nitrogens with zero attached hydrogens (tertiary/aromatic N) is 5. The second kappa shape index (κ2) is 7.59. The first-order valence-corrected chi connectivity index (χ1v) is 9.81. The number of carbonyl (C=O) groups excluding carboxylic acids is 1. The van der Waals surface area contributed by atoms with Gasteiger partial charge in [0.2, 0.25) is 17.0 Å². The SMILES string of the molecule is CN(C)c1nsc(N2CC(Cc3ccccc3)(C(=O)NCc3ccon3)C2)n1. The number of nitrogens with one attached hydrogen (secondary N) is 1. The lowest BCUT2D eigenvalue weighted by Gasteiger charge is -2.48. The lowest BCUT2D eigenvalue weighted by Crippen LogP contribution is -2.64. The van der Waals surface area contributed by atoms with Crippen molar-refractivity contribution < 1.29 is 9.32 Å². The van der Waals surface area contributed by atoms with Crippen LogP contribution < -0.4 is 15.1 Å². The van der Waals surface area contributed by atoms with E-state index in [1.54, 1.807) is 6.07 Å². The van der Waals surface area contributed by atoms with Crippen LogP contribution in [0.15, 0.2) is 47.2 Å². The molecule has 0 saturated carbocycles. The zero-order valence-corrected chi connectivity index (χ0v) is 16.6. The number of carbonyl (C=O) groups is 1. The third-order valence-electron chi connectivity index (χ3n) is 4.85. The fourth-order valence-electron chi connectivity index (χ4n) is 3.35. The van der Waals surface area contributed by atoms with E-state index in [0.717, 1.165) is 10.7 Å². The molecule has 1 aliphatic rings. The van der Waals surface area contributed by atoms with Crippen LogP contribution in [0.1, 0.15) is 11.3 Å². The number of hydrogen-bond donors (Lipinski definition) is 1. The summed E-state index contributed by atoms with van der Waals surface area (Å²) in [5.74, 6) is 0.712. The minimum atomic E-state index is -0.505. The van der Waals surface area contributed by atoms with E-state index < -0.39 is 5.41 Å². The Kier molecular flexibility index (Phi) is 4.99. The fraction of sp³-hybridized carbons (Fsp3) is 0.368. The second-order valence-corrected chi connectivity index (χ2v) is 7.97. The van der Waals surface area contributed by atoms with Gasteiger partial charge in [-0.05, 0) is 12.0 Å². The quantitative estimate of drug-likeness (QED) is 0.651. The summed E-state index contributed by atoms with van der Waals surface area (Å²) in [7, 11) is 3.83. The molecular weight excluding hydrogens is 376 g/mol. The molecule has 28 heavy (non-hydrogen) atoms. The molecule has 0 atom stereocenters. The highest BCUT2D eigenvalue weighted by atomic mass is 32.1. The molecule has 9 heteroatoms. The van der Waals surface area contributed by atoms with Crippen LogP contribution in [0.2, 0.25) is 0 Å². The molecule has 2 aromatic heterocycles. The van der Waals surface area contributed by atoms with Crippen molar-refractivity contribution in [2.24, 2.45) is 5.41 Å². The fourth-order valence-corrected chi connectivity index (χ4v) is 4.08. The van der Waals surface area contributed by atoms with Gasteiger partial charge in [0.15, 0.2) is 0 Å². The molecule has 146 valence electrons. The number of benzene rings is 1. The topological polar surface area (TPSA) is 87.4 Å². The standard InChI is InChI=1S/C19H22N6O2S/c1-24(2)17-21-18(28-23-17)25-12-19(13-25,10-14-6-4-3-5-7-14)16(26)20-11-15-8-9-27-22-15/h3-9H,10-13H2,1-2H3,(H,20,26). The molecule has 1 aromatic carbocycles. The zero-order chi connectivity index (χ0) is 19.6. The number of rotatable bonds is 7. The number of hydrogen-bond acceptors (Lipinski definition) is 8. The van der Waals surface area contributed by atoms with Gasteiger partial charge < -0.3 is 19.6 Å². The third-order valence-corrected chi connectivity index (χ3v) is 5.62. The predicted octanol–water partition coefficient (Wildman–Crippen LogP) is 1.96. The van der Waals surface area contributed by atoms with Gasteiger partial charge in [0.1, 0.15) is 12.0 Å². The normalized spacial score (nSPS) is 15.1. The summed E-state index contributed by atoms with van der Waals surface area (Å²) in [6.45, 7) is 1.57. The van der Waals surface area contributed by atoms with E-state index in [0.29, 0.717) is 37.7 Å². The average Bonchev–Trinajstić information content (AvgIpc) is 3.35. The molecule has 0 radical (unpaired) electrons. The molecule has 0 bridgehead atoms. The van der Waals surface area contributed by atoms with Crippen molar-refractivity contribution in [3.63, 3.8) is 0 Å². The molecule has 3 aromatic rings. The Morgan fingerprint density at radius 3 is 2.71 bits per heavy atom. The summed E-state index contributed by atoms with van der Waals surface area (Å²) in [5.41, 5.74) is 1.35. The summed E-state index contributed by atoms with van der Waals surface area (Å²) in [6.07, 6.45) is 2.18. The lowest BCUT2D eigenvalue weighted by molar-refractivity contribution is -0.132. The van der Waals surface area contributed by atoms with E-state index in [1.165, 1.54) is 17.8 Å². The van der Waals surface area contributed by atoms with E-state index in [4.69, 9.17) is 4.52 Å². The number of amides is 1. The maximum absolute atomic E-state index is 13.1. The molecule has 1 N–H and O–H groups in total. The number of anilines is 2. The Balaban J connectivity index is 1.49. The van der Waals surface area contributed by atoms with Gasteiger partial charge in [-0.2, -0.15) is 9.36 Å². The van der Waals surface area contributed by atoms with Crippen molar-refractivity contribution in [1.82, 2.24) is 19.8 Å². The van der Waals surface area contributed by atoms with Crippen molar-refractivity contribution in [3.05, 3.63) is 53.9 Å². The Morgan fingerprint density at radius 1 is 1.29 bits per heavy atom. The molecule has 1 amide bonds. The summed E-state index contributed by atoms with van der Waals surface area (Å²) in [4.78, 5) is 21.6. The summed E-state index contributed by atoms with van der Waals surface area (Å²) in [6, 6.07) is 11.9. The van der Waals surface area contributed by atoms with Gasteiger partial charge in [-0.3, -0.25) is 4.79 Å². The Bertz CT molecular complexity index is 919. The van der Waals surface area contributed by atoms with Gasteiger partial charge in [-0.25, -0.2) is 0 Å². The molecule has 1 saturated heterocycles. The minimum absolute atomic E-state index is 0.0213. The highest BCUT2D eigenvalue weighted by molar-refractivity contribution is 7.10. The van der Waals surface area contributed by atoms with Crippen LogP contribution in [-0.2, 0) is 17.8 Å². The largest absolute Gasteiger partial charge is 0.364 e. The van der Waals surface area contributed by atoms with E-state index in [9.17, 15) is 4.79 Å². The van der Waals surface area contributed by atoms with Crippen LogP contribution in [0.25, 0.3) is 0 Å². The number of aromatic nitrogens is 3. The predicted molar refractivity (Wildman–Crippen MR) is 107 cm³/mol. The van der Waals surface area contributed by atoms with E-state index >= 15 is 0 Å². The van der Waals surface area contributed by atoms with Gasteiger partial charge in [-0.15, -0.1) is 0 Å². The summed E-state index contributed by atoms with van der Waals surface area (Å²) < 4.78 is 9.20. The maximum Gasteiger partial charge on any atom is 0.238 e. The van der Waals surface area contributed by atoms with E-state index in [2.05, 4.69) is 36.9 Å². The minimum Gasteiger partial charge on any atom is -0.364 e. The van der Waals surface area contributed by atoms with Crippen molar-refractivity contribution in [3.8, 4) is 0 Å². The zero-order valence-electron chi connectivity index (χ0n) is 15.8. The van der Waals surface area contributed by atoms with Gasteiger partial charge in [0.25, 0.3) is 0 Å². The van der Waals surface area contributed by atoms with E-state index in [1.807, 2.05) is 37.2 Å². The van der Waals surface area contributed by atoms with Crippen LogP contribution in [0, 0.1) is 5.41 Å². The smallest absolute Gasteiger partial charge is 0.238 e. The molecule has 3 heterocycles. The van der Waals surface area contributed by atoms with E-state index in [-0.39, 0.29) is 5.91 Å². The van der Waals surface area contributed by atoms with Crippen LogP contribution >= 0.6 is 11.5 Å². The maximum atomic E-state index is 13.1. The van der Waals surface area contributed by atoms with Crippen molar-refractivity contribution in [2.75, 3.05) is 37.0 Å². The summed E-state index contributed by atoms with van der Waals surface area (Å²) in [5, 5.41) is 7.72. The Labute approximate surface area is 167 Å². The molecule has 0 spiro atoms. The van der Waals surface area contributed by atoms with Gasteiger partial charge in [-0.1, -0.05) is 35.5 Å². The molecule has 1 aliphatic heterocycles. The van der Waals surface area contributed by atoms with Crippen LogP contribution in [0.5, 0.6) is 0 Å². The van der Waals surface area contributed by atoms with Crippen molar-refractivity contribution >= 4 is 28.5 Å². The highest BCUT2D eigenvalue weighted by Gasteiger charge is 2.50. The molecule has 4 rings (SSSR count). The molecule has 1 fully saturated rings. The Hall–Kier alpha value is -2.94. The lowest BCUT2D eigenvalue weighted by atomic mass is 9.74. The first-order chi connectivity index (χ1) is 13.6.